The molecule has 0 spiro atoms. The number of nitrogens with two attached hydrogens (primary N) is 3. The Hall–Kier alpha value is -3.66. The Morgan fingerprint density at radius 1 is 1.10 bits per heavy atom. The first-order valence-corrected chi connectivity index (χ1v) is 14.6. The molecule has 2 aromatic carbocycles. The van der Waals surface area contributed by atoms with Crippen molar-refractivity contribution in [3.05, 3.63) is 80.9 Å². The average molecular weight is 577 g/mol. The van der Waals surface area contributed by atoms with Crippen LogP contribution in [0.3, 0.4) is 0 Å². The van der Waals surface area contributed by atoms with Crippen molar-refractivity contribution in [2.24, 2.45) is 22.2 Å². The zero-order chi connectivity index (χ0) is 29.5. The summed E-state index contributed by atoms with van der Waals surface area (Å²) in [6.45, 7) is 8.43. The van der Waals surface area contributed by atoms with Gasteiger partial charge in [-0.25, -0.2) is 4.79 Å². The van der Waals surface area contributed by atoms with Crippen LogP contribution in [-0.4, -0.2) is 39.6 Å². The summed E-state index contributed by atoms with van der Waals surface area (Å²) in [5.41, 5.74) is 22.8. The Balaban J connectivity index is 1.55. The van der Waals surface area contributed by atoms with Crippen molar-refractivity contribution in [3.8, 4) is 16.9 Å². The number of nitrogens with zero attached hydrogens (tertiary/aromatic N) is 3. The molecule has 0 aliphatic carbocycles. The molecule has 2 heterocycles. The summed E-state index contributed by atoms with van der Waals surface area (Å²) in [6.07, 6.45) is 5.58. The molecular weight excluding hydrogens is 536 g/mol. The van der Waals surface area contributed by atoms with Crippen LogP contribution in [-0.2, 0) is 13.0 Å². The molecule has 2 aromatic heterocycles. The number of aryl methyl sites for hydroxylation is 1. The van der Waals surface area contributed by atoms with Crippen LogP contribution in [0.4, 0.5) is 0 Å². The molecule has 4 rings (SSSR count). The van der Waals surface area contributed by atoms with E-state index < -0.39 is 0 Å². The minimum absolute atomic E-state index is 0.112. The Morgan fingerprint density at radius 3 is 2.54 bits per heavy atom. The number of rotatable bonds is 13. The number of nitrogens with one attached hydrogen (secondary N) is 2. The third kappa shape index (κ3) is 7.97. The summed E-state index contributed by atoms with van der Waals surface area (Å²) in [5.74, 6) is 0.386. The highest BCUT2D eigenvalue weighted by Crippen LogP contribution is 2.36. The number of halogens is 1. The Bertz CT molecular complexity index is 1550. The predicted octanol–water partition coefficient (Wildman–Crippen LogP) is 4.58. The van der Waals surface area contributed by atoms with Gasteiger partial charge in [-0.15, -0.1) is 0 Å². The number of H-pyrrole nitrogens is 1. The Labute approximate surface area is 246 Å². The zero-order valence-corrected chi connectivity index (χ0v) is 24.8. The van der Waals surface area contributed by atoms with Gasteiger partial charge < -0.3 is 27.5 Å². The highest BCUT2D eigenvalue weighted by Gasteiger charge is 2.16. The highest BCUT2D eigenvalue weighted by molar-refractivity contribution is 6.34. The van der Waals surface area contributed by atoms with E-state index in [1.807, 2.05) is 43.5 Å². The van der Waals surface area contributed by atoms with Gasteiger partial charge in [0.2, 0.25) is 0 Å². The predicted molar refractivity (Wildman–Crippen MR) is 170 cm³/mol. The summed E-state index contributed by atoms with van der Waals surface area (Å²) in [6, 6.07) is 14.4. The van der Waals surface area contributed by atoms with Crippen molar-refractivity contribution >= 4 is 28.6 Å². The number of aliphatic imine (C=N–C) groups is 1. The first-order valence-electron chi connectivity index (χ1n) is 14.2. The number of aromatic nitrogens is 3. The molecular formula is C31H41ClN8O. The molecule has 0 saturated heterocycles. The van der Waals surface area contributed by atoms with E-state index in [9.17, 15) is 4.79 Å². The topological polar surface area (TPSA) is 153 Å². The largest absolute Gasteiger partial charge is 0.370 e. The quantitative estimate of drug-likeness (QED) is 0.0891. The third-order valence-corrected chi connectivity index (χ3v) is 7.48. The van der Waals surface area contributed by atoms with Crippen LogP contribution in [0.25, 0.3) is 28.0 Å². The number of hydrogen-bond donors (Lipinski definition) is 5. The number of benzene rings is 2. The maximum absolute atomic E-state index is 13.0. The van der Waals surface area contributed by atoms with Crippen molar-refractivity contribution in [1.29, 1.82) is 0 Å². The molecule has 9 nitrogen and oxygen atoms in total. The second kappa shape index (κ2) is 13.8. The molecule has 0 aliphatic rings. The van der Waals surface area contributed by atoms with Crippen molar-refractivity contribution in [2.45, 2.75) is 65.0 Å². The summed E-state index contributed by atoms with van der Waals surface area (Å²) in [7, 11) is 0. The third-order valence-electron chi connectivity index (χ3n) is 7.06. The fraction of sp³-hybridized carbons (Fsp3) is 0.387. The smallest absolute Gasteiger partial charge is 0.354 e. The number of fused-ring (bicyclic) bond motifs is 1. The van der Waals surface area contributed by atoms with Crippen molar-refractivity contribution in [3.63, 3.8) is 0 Å². The highest BCUT2D eigenvalue weighted by atomic mass is 35.5. The zero-order valence-electron chi connectivity index (χ0n) is 24.1. The fourth-order valence-electron chi connectivity index (χ4n) is 4.84. The maximum Gasteiger partial charge on any atom is 0.354 e. The molecule has 0 radical (unpaired) electrons. The van der Waals surface area contributed by atoms with E-state index in [0.29, 0.717) is 18.7 Å². The van der Waals surface area contributed by atoms with Crippen LogP contribution < -0.4 is 28.2 Å². The van der Waals surface area contributed by atoms with Gasteiger partial charge in [-0.1, -0.05) is 43.6 Å². The first-order chi connectivity index (χ1) is 19.6. The molecule has 0 unspecified atom stereocenters. The lowest BCUT2D eigenvalue weighted by Crippen LogP contribution is -2.23. The first kappa shape index (κ1) is 30.3. The molecule has 8 N–H and O–H groups in total. The molecule has 0 aliphatic heterocycles. The summed E-state index contributed by atoms with van der Waals surface area (Å²) in [4.78, 5) is 24.6. The van der Waals surface area contributed by atoms with Crippen LogP contribution in [0, 0.1) is 0 Å². The fourth-order valence-corrected chi connectivity index (χ4v) is 5.27. The van der Waals surface area contributed by atoms with Crippen LogP contribution in [0.2, 0.25) is 5.02 Å². The summed E-state index contributed by atoms with van der Waals surface area (Å²) in [5, 5.41) is 4.92. The van der Waals surface area contributed by atoms with E-state index in [-0.39, 0.29) is 23.6 Å². The summed E-state index contributed by atoms with van der Waals surface area (Å²) >= 11 is 6.92. The van der Waals surface area contributed by atoms with E-state index in [1.165, 1.54) is 5.56 Å². The van der Waals surface area contributed by atoms with Gasteiger partial charge in [0, 0.05) is 42.0 Å². The van der Waals surface area contributed by atoms with Gasteiger partial charge in [-0.05, 0) is 86.0 Å². The van der Waals surface area contributed by atoms with Gasteiger partial charge in [0.25, 0.3) is 0 Å². The number of guanidine groups is 1. The maximum atomic E-state index is 13.0. The number of hydrogen-bond acceptors (Lipinski definition) is 5. The number of aromatic amines is 1. The molecule has 0 saturated carbocycles. The van der Waals surface area contributed by atoms with Gasteiger partial charge in [0.15, 0.2) is 5.96 Å². The lowest BCUT2D eigenvalue weighted by molar-refractivity contribution is 0.624. The minimum Gasteiger partial charge on any atom is -0.370 e. The van der Waals surface area contributed by atoms with E-state index in [4.69, 9.17) is 28.8 Å². The van der Waals surface area contributed by atoms with Crippen LogP contribution in [0.15, 0.2) is 58.4 Å². The van der Waals surface area contributed by atoms with Crippen LogP contribution in [0.5, 0.6) is 0 Å². The van der Waals surface area contributed by atoms with Crippen LogP contribution in [0.1, 0.15) is 62.6 Å². The molecule has 10 heteroatoms. The average Bonchev–Trinajstić information content (AvgIpc) is 3.33. The van der Waals surface area contributed by atoms with Crippen LogP contribution >= 0.6 is 11.6 Å². The van der Waals surface area contributed by atoms with E-state index >= 15 is 0 Å². The SMILES string of the molecule is CC(C)c1cc(CCC[C@H](C)N)cc(-c2cc3cn(-c4ccc(CNCCCN=C(N)N)cc4)c(=O)nc3[nH]2)c1Cl. The van der Waals surface area contributed by atoms with Crippen molar-refractivity contribution in [2.75, 3.05) is 13.1 Å². The lowest BCUT2D eigenvalue weighted by atomic mass is 9.94. The monoisotopic (exact) mass is 576 g/mol. The van der Waals surface area contributed by atoms with E-state index in [0.717, 1.165) is 70.7 Å². The molecule has 0 bridgehead atoms. The minimum atomic E-state index is -0.352. The van der Waals surface area contributed by atoms with Gasteiger partial charge in [0.1, 0.15) is 5.65 Å². The standard InChI is InChI=1S/C31H41ClN8O/c1-19(2)25-14-22(7-4-6-20(3)33)15-26(28(25)32)27-16-23-18-40(31(41)39-29(23)38-27)24-10-8-21(9-11-24)17-36-12-5-13-37-30(34)35/h8-11,14-16,18-20,36H,4-7,12-13,17,33H2,1-3H3,(H4,34,35,37)(H,38,39,41)/t20-/m0/s1. The summed E-state index contributed by atoms with van der Waals surface area (Å²) < 4.78 is 1.57. The molecule has 4 aromatic rings. The Morgan fingerprint density at radius 2 is 1.85 bits per heavy atom. The normalized spacial score (nSPS) is 12.2. The Kier molecular flexibility index (Phi) is 10.2. The van der Waals surface area contributed by atoms with E-state index in [2.05, 4.69) is 46.3 Å². The van der Waals surface area contributed by atoms with Crippen molar-refractivity contribution < 1.29 is 0 Å². The molecule has 0 fully saturated rings. The van der Waals surface area contributed by atoms with Gasteiger partial charge >= 0.3 is 5.69 Å². The second-order valence-electron chi connectivity index (χ2n) is 11.0. The molecule has 1 atom stereocenters. The van der Waals surface area contributed by atoms with Crippen molar-refractivity contribution in [1.82, 2.24) is 19.9 Å². The van der Waals surface area contributed by atoms with E-state index in [1.54, 1.807) is 4.57 Å². The second-order valence-corrected chi connectivity index (χ2v) is 11.3. The molecule has 218 valence electrons. The van der Waals surface area contributed by atoms with Gasteiger partial charge in [-0.2, -0.15) is 4.98 Å². The lowest BCUT2D eigenvalue weighted by Gasteiger charge is -2.15. The van der Waals surface area contributed by atoms with Gasteiger partial charge in [-0.3, -0.25) is 9.56 Å². The molecule has 0 amide bonds. The van der Waals surface area contributed by atoms with Gasteiger partial charge in [0.05, 0.1) is 10.7 Å². The molecule has 41 heavy (non-hydrogen) atoms.